The minimum absolute atomic E-state index is 0.630. The van der Waals surface area contributed by atoms with Gasteiger partial charge in [0.2, 0.25) is 0 Å². The van der Waals surface area contributed by atoms with E-state index in [1.165, 1.54) is 25.7 Å². The molecule has 0 aromatic rings. The van der Waals surface area contributed by atoms with Gasteiger partial charge in [-0.1, -0.05) is 32.1 Å². The summed E-state index contributed by atoms with van der Waals surface area (Å²) in [6, 6.07) is 0. The molecule has 0 saturated heterocycles. The summed E-state index contributed by atoms with van der Waals surface area (Å²) in [6.07, 6.45) is 5.23. The fraction of sp³-hybridized carbons (Fsp3) is 0.800. The molecular weight excluding hydrogens is 120 g/mol. The second-order valence-corrected chi connectivity index (χ2v) is 3.25. The van der Waals surface area contributed by atoms with E-state index in [1.54, 1.807) is 0 Å². The van der Waals surface area contributed by atoms with Crippen LogP contribution < -0.4 is 0 Å². The summed E-state index contributed by atoms with van der Waals surface area (Å²) in [5.74, 6) is 7.99. The predicted molar refractivity (Wildman–Crippen MR) is 44.6 cm³/mol. The lowest BCUT2D eigenvalue weighted by atomic mass is 10.1. The molecule has 0 radical (unpaired) electrons. The van der Waals surface area contributed by atoms with Crippen LogP contribution in [-0.4, -0.2) is 0 Å². The molecule has 0 heterocycles. The van der Waals surface area contributed by atoms with Crippen LogP contribution in [-0.2, 0) is 0 Å². The Kier molecular flexibility index (Phi) is 2.81. The molecule has 0 aliphatic heterocycles. The fourth-order valence-electron chi connectivity index (χ4n) is 0.993. The Hall–Kier alpha value is -0.440. The van der Waals surface area contributed by atoms with Crippen molar-refractivity contribution in [2.24, 2.45) is 11.8 Å². The normalized spacial score (nSPS) is 19.4. The zero-order valence-electron chi connectivity index (χ0n) is 6.98. The Morgan fingerprint density at radius 2 is 2.20 bits per heavy atom. The zero-order valence-corrected chi connectivity index (χ0v) is 6.98. The van der Waals surface area contributed by atoms with Gasteiger partial charge >= 0.3 is 0 Å². The molecule has 1 aliphatic rings. The van der Waals surface area contributed by atoms with E-state index in [-0.39, 0.29) is 0 Å². The SMILES string of the molecule is CCCC(C)C#CC1CC1. The first kappa shape index (κ1) is 7.66. The van der Waals surface area contributed by atoms with Gasteiger partial charge in [-0.05, 0) is 19.3 Å². The third-order valence-electron chi connectivity index (χ3n) is 1.83. The molecule has 1 fully saturated rings. The van der Waals surface area contributed by atoms with Crippen LogP contribution in [0.15, 0.2) is 0 Å². The van der Waals surface area contributed by atoms with E-state index in [0.29, 0.717) is 5.92 Å². The fourth-order valence-corrected chi connectivity index (χ4v) is 0.993. The third-order valence-corrected chi connectivity index (χ3v) is 1.83. The van der Waals surface area contributed by atoms with Crippen LogP contribution in [0.3, 0.4) is 0 Å². The molecule has 1 saturated carbocycles. The molecule has 10 heavy (non-hydrogen) atoms. The van der Waals surface area contributed by atoms with Crippen molar-refractivity contribution in [2.75, 3.05) is 0 Å². The molecular formula is C10H16. The smallest absolute Gasteiger partial charge is 0.0203 e. The molecule has 1 aliphatic carbocycles. The van der Waals surface area contributed by atoms with Gasteiger partial charge in [0.15, 0.2) is 0 Å². The molecule has 0 N–H and O–H groups in total. The standard InChI is InChI=1S/C10H16/c1-3-4-9(2)5-6-10-7-8-10/h9-10H,3-4,7-8H2,1-2H3. The van der Waals surface area contributed by atoms with Crippen molar-refractivity contribution < 1.29 is 0 Å². The minimum atomic E-state index is 0.630. The highest BCUT2D eigenvalue weighted by Gasteiger charge is 2.17. The molecule has 0 amide bonds. The van der Waals surface area contributed by atoms with Crippen LogP contribution in [0.1, 0.15) is 39.5 Å². The molecule has 1 unspecified atom stereocenters. The number of rotatable bonds is 2. The van der Waals surface area contributed by atoms with Crippen molar-refractivity contribution in [3.8, 4) is 11.8 Å². The minimum Gasteiger partial charge on any atom is -0.0999 e. The van der Waals surface area contributed by atoms with Gasteiger partial charge in [0.05, 0.1) is 0 Å². The largest absolute Gasteiger partial charge is 0.0999 e. The summed E-state index contributed by atoms with van der Waals surface area (Å²) >= 11 is 0. The first-order chi connectivity index (χ1) is 4.83. The van der Waals surface area contributed by atoms with Crippen molar-refractivity contribution in [3.63, 3.8) is 0 Å². The van der Waals surface area contributed by atoms with E-state index in [2.05, 4.69) is 25.7 Å². The Balaban J connectivity index is 2.16. The lowest BCUT2D eigenvalue weighted by Gasteiger charge is -1.97. The second kappa shape index (κ2) is 3.66. The van der Waals surface area contributed by atoms with Gasteiger partial charge < -0.3 is 0 Å². The maximum Gasteiger partial charge on any atom is 0.0203 e. The third kappa shape index (κ3) is 2.92. The molecule has 1 atom stereocenters. The lowest BCUT2D eigenvalue weighted by molar-refractivity contribution is 0.652. The maximum atomic E-state index is 3.30. The zero-order chi connectivity index (χ0) is 7.40. The molecule has 0 aromatic heterocycles. The Morgan fingerprint density at radius 1 is 1.50 bits per heavy atom. The summed E-state index contributed by atoms with van der Waals surface area (Å²) in [7, 11) is 0. The van der Waals surface area contributed by atoms with Crippen molar-refractivity contribution in [1.82, 2.24) is 0 Å². The van der Waals surface area contributed by atoms with Gasteiger partial charge in [-0.15, -0.1) is 0 Å². The first-order valence-corrected chi connectivity index (χ1v) is 4.34. The summed E-state index contributed by atoms with van der Waals surface area (Å²) in [5.41, 5.74) is 0. The van der Waals surface area contributed by atoms with Crippen molar-refractivity contribution in [3.05, 3.63) is 0 Å². The van der Waals surface area contributed by atoms with E-state index in [1.807, 2.05) is 0 Å². The highest BCUT2D eigenvalue weighted by molar-refractivity contribution is 5.10. The number of hydrogen-bond acceptors (Lipinski definition) is 0. The molecule has 0 spiro atoms. The Morgan fingerprint density at radius 3 is 2.70 bits per heavy atom. The molecule has 0 aromatic carbocycles. The van der Waals surface area contributed by atoms with Crippen LogP contribution in [0, 0.1) is 23.7 Å². The highest BCUT2D eigenvalue weighted by Crippen LogP contribution is 2.27. The predicted octanol–water partition coefficient (Wildman–Crippen LogP) is 2.84. The van der Waals surface area contributed by atoms with Crippen molar-refractivity contribution in [2.45, 2.75) is 39.5 Å². The molecule has 0 nitrogen and oxygen atoms in total. The summed E-state index contributed by atoms with van der Waals surface area (Å²) < 4.78 is 0. The van der Waals surface area contributed by atoms with Gasteiger partial charge in [0, 0.05) is 11.8 Å². The van der Waals surface area contributed by atoms with Crippen molar-refractivity contribution >= 4 is 0 Å². The topological polar surface area (TPSA) is 0 Å². The van der Waals surface area contributed by atoms with Crippen LogP contribution in [0.2, 0.25) is 0 Å². The molecule has 56 valence electrons. The lowest BCUT2D eigenvalue weighted by Crippen LogP contribution is -1.87. The van der Waals surface area contributed by atoms with Crippen LogP contribution in [0.25, 0.3) is 0 Å². The van der Waals surface area contributed by atoms with Gasteiger partial charge in [-0.25, -0.2) is 0 Å². The molecule has 1 rings (SSSR count). The average molecular weight is 136 g/mol. The van der Waals surface area contributed by atoms with Gasteiger partial charge in [0.25, 0.3) is 0 Å². The summed E-state index contributed by atoms with van der Waals surface area (Å²) in [5, 5.41) is 0. The van der Waals surface area contributed by atoms with E-state index >= 15 is 0 Å². The number of hydrogen-bond donors (Lipinski definition) is 0. The van der Waals surface area contributed by atoms with Gasteiger partial charge in [0.1, 0.15) is 0 Å². The molecule has 0 heteroatoms. The van der Waals surface area contributed by atoms with E-state index < -0.39 is 0 Å². The average Bonchev–Trinajstić information content (AvgIpc) is 2.67. The van der Waals surface area contributed by atoms with E-state index in [9.17, 15) is 0 Å². The van der Waals surface area contributed by atoms with E-state index in [4.69, 9.17) is 0 Å². The van der Waals surface area contributed by atoms with E-state index in [0.717, 1.165) is 5.92 Å². The second-order valence-electron chi connectivity index (χ2n) is 3.25. The summed E-state index contributed by atoms with van der Waals surface area (Å²) in [4.78, 5) is 0. The Labute approximate surface area is 64.0 Å². The van der Waals surface area contributed by atoms with Crippen LogP contribution in [0.5, 0.6) is 0 Å². The highest BCUT2D eigenvalue weighted by atomic mass is 14.2. The van der Waals surface area contributed by atoms with Crippen LogP contribution in [0.4, 0.5) is 0 Å². The quantitative estimate of drug-likeness (QED) is 0.512. The first-order valence-electron chi connectivity index (χ1n) is 4.34. The summed E-state index contributed by atoms with van der Waals surface area (Å²) in [6.45, 7) is 4.44. The van der Waals surface area contributed by atoms with Gasteiger partial charge in [-0.3, -0.25) is 0 Å². The van der Waals surface area contributed by atoms with Crippen LogP contribution >= 0.6 is 0 Å². The monoisotopic (exact) mass is 136 g/mol. The van der Waals surface area contributed by atoms with Crippen molar-refractivity contribution in [1.29, 1.82) is 0 Å². The van der Waals surface area contributed by atoms with Gasteiger partial charge in [-0.2, -0.15) is 0 Å². The maximum absolute atomic E-state index is 3.30. The Bertz CT molecular complexity index is 143. The molecule has 0 bridgehead atoms.